The topological polar surface area (TPSA) is 49.8 Å². The van der Waals surface area contributed by atoms with Crippen LogP contribution in [0.1, 0.15) is 17.8 Å². The van der Waals surface area contributed by atoms with Crippen molar-refractivity contribution in [3.63, 3.8) is 0 Å². The number of piperidine rings is 1. The molecule has 1 fully saturated rings. The minimum atomic E-state index is 0.743. The van der Waals surface area contributed by atoms with Gasteiger partial charge in [-0.2, -0.15) is 0 Å². The van der Waals surface area contributed by atoms with Crippen LogP contribution in [0.2, 0.25) is 0 Å². The third kappa shape index (κ3) is 2.65. The predicted octanol–water partition coefficient (Wildman–Crippen LogP) is 1.26. The van der Waals surface area contributed by atoms with Crippen LogP contribution in [0.3, 0.4) is 0 Å². The van der Waals surface area contributed by atoms with Gasteiger partial charge in [0.05, 0.1) is 0 Å². The normalized spacial score (nSPS) is 22.2. The van der Waals surface area contributed by atoms with Crippen molar-refractivity contribution >= 4 is 16.5 Å². The Morgan fingerprint density at radius 3 is 3.14 bits per heavy atom. The molecular formula is C9H16N4S. The van der Waals surface area contributed by atoms with E-state index < -0.39 is 0 Å². The standard InChI is InChI=1S/C9H16N4S/c1-7-12-13-9(14-7)11-6-8-3-2-4-10-5-8/h8,10H,2-6H2,1H3,(H,11,13). The fourth-order valence-electron chi connectivity index (χ4n) is 1.70. The molecular weight excluding hydrogens is 196 g/mol. The molecule has 1 unspecified atom stereocenters. The molecule has 0 aliphatic carbocycles. The lowest BCUT2D eigenvalue weighted by Gasteiger charge is -2.22. The van der Waals surface area contributed by atoms with Gasteiger partial charge in [0.2, 0.25) is 5.13 Å². The Bertz CT molecular complexity index is 280. The Hall–Kier alpha value is -0.680. The summed E-state index contributed by atoms with van der Waals surface area (Å²) in [6.07, 6.45) is 2.61. The van der Waals surface area contributed by atoms with Crippen LogP contribution in [0.4, 0.5) is 5.13 Å². The average Bonchev–Trinajstić information content (AvgIpc) is 2.63. The average molecular weight is 212 g/mol. The summed E-state index contributed by atoms with van der Waals surface area (Å²) in [7, 11) is 0. The van der Waals surface area contributed by atoms with Crippen molar-refractivity contribution in [2.24, 2.45) is 5.92 Å². The Labute approximate surface area is 88.1 Å². The lowest BCUT2D eigenvalue weighted by atomic mass is 10.00. The Morgan fingerprint density at radius 1 is 1.57 bits per heavy atom. The van der Waals surface area contributed by atoms with E-state index in [1.807, 2.05) is 6.92 Å². The van der Waals surface area contributed by atoms with E-state index in [-0.39, 0.29) is 0 Å². The van der Waals surface area contributed by atoms with Crippen LogP contribution in [0.25, 0.3) is 0 Å². The lowest BCUT2D eigenvalue weighted by Crippen LogP contribution is -2.33. The van der Waals surface area contributed by atoms with E-state index in [9.17, 15) is 0 Å². The number of nitrogens with zero attached hydrogens (tertiary/aromatic N) is 2. The third-order valence-corrected chi connectivity index (χ3v) is 3.26. The largest absolute Gasteiger partial charge is 0.360 e. The van der Waals surface area contributed by atoms with E-state index in [0.717, 1.165) is 29.1 Å². The van der Waals surface area contributed by atoms with Gasteiger partial charge in [0.15, 0.2) is 0 Å². The first-order valence-electron chi connectivity index (χ1n) is 5.09. The zero-order chi connectivity index (χ0) is 9.80. The molecule has 2 heterocycles. The maximum absolute atomic E-state index is 4.04. The predicted molar refractivity (Wildman–Crippen MR) is 58.7 cm³/mol. The van der Waals surface area contributed by atoms with E-state index in [0.29, 0.717) is 0 Å². The lowest BCUT2D eigenvalue weighted by molar-refractivity contribution is 0.393. The van der Waals surface area contributed by atoms with Gasteiger partial charge in [0.25, 0.3) is 0 Å². The summed E-state index contributed by atoms with van der Waals surface area (Å²) in [5.74, 6) is 0.743. The van der Waals surface area contributed by atoms with Gasteiger partial charge in [-0.3, -0.25) is 0 Å². The quantitative estimate of drug-likeness (QED) is 0.792. The van der Waals surface area contributed by atoms with Gasteiger partial charge in [-0.15, -0.1) is 10.2 Å². The van der Waals surface area contributed by atoms with E-state index in [4.69, 9.17) is 0 Å². The smallest absolute Gasteiger partial charge is 0.205 e. The van der Waals surface area contributed by atoms with Crippen LogP contribution in [-0.2, 0) is 0 Å². The Kier molecular flexibility index (Phi) is 3.31. The van der Waals surface area contributed by atoms with Crippen LogP contribution >= 0.6 is 11.3 Å². The summed E-state index contributed by atoms with van der Waals surface area (Å²) in [5, 5.41) is 16.7. The van der Waals surface area contributed by atoms with E-state index in [1.54, 1.807) is 11.3 Å². The number of rotatable bonds is 3. The highest BCUT2D eigenvalue weighted by molar-refractivity contribution is 7.15. The molecule has 14 heavy (non-hydrogen) atoms. The minimum Gasteiger partial charge on any atom is -0.360 e. The van der Waals surface area contributed by atoms with Gasteiger partial charge in [-0.1, -0.05) is 11.3 Å². The highest BCUT2D eigenvalue weighted by Crippen LogP contribution is 2.16. The molecule has 1 aliphatic rings. The first-order valence-corrected chi connectivity index (χ1v) is 5.91. The van der Waals surface area contributed by atoms with Crippen molar-refractivity contribution in [2.45, 2.75) is 19.8 Å². The van der Waals surface area contributed by atoms with Gasteiger partial charge in [-0.25, -0.2) is 0 Å². The molecule has 1 atom stereocenters. The second-order valence-electron chi connectivity index (χ2n) is 3.72. The summed E-state index contributed by atoms with van der Waals surface area (Å²) >= 11 is 1.62. The number of aryl methyl sites for hydroxylation is 1. The van der Waals surface area contributed by atoms with Gasteiger partial charge >= 0.3 is 0 Å². The summed E-state index contributed by atoms with van der Waals surface area (Å²) in [4.78, 5) is 0. The number of hydrogen-bond donors (Lipinski definition) is 2. The van der Waals surface area contributed by atoms with Crippen LogP contribution in [0.15, 0.2) is 0 Å². The SMILES string of the molecule is Cc1nnc(NCC2CCCNC2)s1. The van der Waals surface area contributed by atoms with E-state index in [1.165, 1.54) is 19.4 Å². The van der Waals surface area contributed by atoms with E-state index >= 15 is 0 Å². The van der Waals surface area contributed by atoms with Crippen LogP contribution in [-0.4, -0.2) is 29.8 Å². The summed E-state index contributed by atoms with van der Waals surface area (Å²) in [5.41, 5.74) is 0. The van der Waals surface area contributed by atoms with Gasteiger partial charge in [0, 0.05) is 6.54 Å². The molecule has 0 spiro atoms. The Morgan fingerprint density at radius 2 is 2.50 bits per heavy atom. The summed E-state index contributed by atoms with van der Waals surface area (Å²) < 4.78 is 0. The van der Waals surface area contributed by atoms with E-state index in [2.05, 4.69) is 20.8 Å². The highest BCUT2D eigenvalue weighted by atomic mass is 32.1. The number of nitrogens with one attached hydrogen (secondary N) is 2. The number of aromatic nitrogens is 2. The molecule has 0 amide bonds. The Balaban J connectivity index is 1.76. The second kappa shape index (κ2) is 4.70. The molecule has 4 nitrogen and oxygen atoms in total. The molecule has 0 saturated carbocycles. The minimum absolute atomic E-state index is 0.743. The maximum Gasteiger partial charge on any atom is 0.205 e. The molecule has 2 rings (SSSR count). The molecule has 5 heteroatoms. The molecule has 0 bridgehead atoms. The third-order valence-electron chi connectivity index (χ3n) is 2.47. The second-order valence-corrected chi connectivity index (χ2v) is 4.90. The molecule has 0 radical (unpaired) electrons. The van der Waals surface area contributed by atoms with Crippen molar-refractivity contribution in [3.8, 4) is 0 Å². The molecule has 2 N–H and O–H groups in total. The van der Waals surface area contributed by atoms with Crippen LogP contribution in [0.5, 0.6) is 0 Å². The zero-order valence-electron chi connectivity index (χ0n) is 8.42. The van der Waals surface area contributed by atoms with Gasteiger partial charge < -0.3 is 10.6 Å². The van der Waals surface area contributed by atoms with Crippen LogP contribution in [0, 0.1) is 12.8 Å². The van der Waals surface area contributed by atoms with Gasteiger partial charge in [0.1, 0.15) is 5.01 Å². The maximum atomic E-state index is 4.04. The summed E-state index contributed by atoms with van der Waals surface area (Å²) in [6.45, 7) is 5.30. The first-order chi connectivity index (χ1) is 6.84. The molecule has 1 aliphatic heterocycles. The molecule has 1 aromatic heterocycles. The number of anilines is 1. The molecule has 0 aromatic carbocycles. The molecule has 1 aromatic rings. The molecule has 78 valence electrons. The van der Waals surface area contributed by atoms with Crippen molar-refractivity contribution in [2.75, 3.05) is 25.0 Å². The monoisotopic (exact) mass is 212 g/mol. The fraction of sp³-hybridized carbons (Fsp3) is 0.778. The van der Waals surface area contributed by atoms with Gasteiger partial charge in [-0.05, 0) is 38.8 Å². The van der Waals surface area contributed by atoms with Crippen molar-refractivity contribution in [1.82, 2.24) is 15.5 Å². The fourth-order valence-corrected chi connectivity index (χ4v) is 2.30. The first kappa shape index (κ1) is 9.86. The van der Waals surface area contributed by atoms with Crippen molar-refractivity contribution in [1.29, 1.82) is 0 Å². The molecule has 1 saturated heterocycles. The zero-order valence-corrected chi connectivity index (χ0v) is 9.23. The summed E-state index contributed by atoms with van der Waals surface area (Å²) in [6, 6.07) is 0. The van der Waals surface area contributed by atoms with Crippen LogP contribution < -0.4 is 10.6 Å². The van der Waals surface area contributed by atoms with Crippen molar-refractivity contribution < 1.29 is 0 Å². The number of hydrogen-bond acceptors (Lipinski definition) is 5. The highest BCUT2D eigenvalue weighted by Gasteiger charge is 2.12. The van der Waals surface area contributed by atoms with Crippen molar-refractivity contribution in [3.05, 3.63) is 5.01 Å².